The van der Waals surface area contributed by atoms with Gasteiger partial charge in [0.1, 0.15) is 5.41 Å². The number of nitrogens with one attached hydrogen (secondary N) is 1. The molecule has 29 heavy (non-hydrogen) atoms. The number of nitriles is 1. The number of carbonyl (C=O) groups excluding carboxylic acids is 1. The molecular formula is C22H25N3O3S. The second-order valence-corrected chi connectivity index (χ2v) is 9.52. The Labute approximate surface area is 172 Å². The lowest BCUT2D eigenvalue weighted by atomic mass is 9.74. The lowest BCUT2D eigenvalue weighted by Gasteiger charge is -2.29. The molecule has 0 spiro atoms. The molecule has 1 amide bonds. The van der Waals surface area contributed by atoms with Gasteiger partial charge in [-0.05, 0) is 42.7 Å². The monoisotopic (exact) mass is 411 g/mol. The molecular weight excluding hydrogens is 386 g/mol. The van der Waals surface area contributed by atoms with Gasteiger partial charge in [0.2, 0.25) is 15.9 Å². The Morgan fingerprint density at radius 1 is 1.07 bits per heavy atom. The molecule has 1 fully saturated rings. The van der Waals surface area contributed by atoms with Crippen molar-refractivity contribution >= 4 is 21.6 Å². The zero-order chi connectivity index (χ0) is 20.9. The van der Waals surface area contributed by atoms with E-state index in [1.54, 1.807) is 12.1 Å². The number of hydrogen-bond acceptors (Lipinski definition) is 4. The van der Waals surface area contributed by atoms with Crippen molar-refractivity contribution in [1.82, 2.24) is 4.31 Å². The fraction of sp³-hybridized carbons (Fsp3) is 0.364. The molecule has 0 heterocycles. The zero-order valence-electron chi connectivity index (χ0n) is 16.5. The number of rotatable bonds is 6. The molecule has 0 saturated heterocycles. The Morgan fingerprint density at radius 2 is 1.69 bits per heavy atom. The summed E-state index contributed by atoms with van der Waals surface area (Å²) in [6, 6.07) is 17.7. The van der Waals surface area contributed by atoms with Gasteiger partial charge in [0, 0.05) is 19.3 Å². The number of sulfonamides is 1. The fourth-order valence-electron chi connectivity index (χ4n) is 3.61. The van der Waals surface area contributed by atoms with Crippen LogP contribution in [0.5, 0.6) is 0 Å². The highest BCUT2D eigenvalue weighted by molar-refractivity contribution is 7.89. The van der Waals surface area contributed by atoms with E-state index >= 15 is 0 Å². The zero-order valence-corrected chi connectivity index (χ0v) is 17.3. The Balaban J connectivity index is 1.70. The predicted molar refractivity (Wildman–Crippen MR) is 111 cm³/mol. The first-order valence-electron chi connectivity index (χ1n) is 9.70. The van der Waals surface area contributed by atoms with E-state index < -0.39 is 15.4 Å². The maximum atomic E-state index is 12.8. The summed E-state index contributed by atoms with van der Waals surface area (Å²) in [5, 5.41) is 12.3. The van der Waals surface area contributed by atoms with Crippen LogP contribution in [0.4, 0.5) is 5.69 Å². The molecule has 1 N–H and O–H groups in total. The Kier molecular flexibility index (Phi) is 6.36. The van der Waals surface area contributed by atoms with E-state index in [2.05, 4.69) is 11.4 Å². The van der Waals surface area contributed by atoms with Crippen LogP contribution in [0, 0.1) is 16.7 Å². The van der Waals surface area contributed by atoms with E-state index in [9.17, 15) is 18.5 Å². The molecule has 2 aromatic rings. The second-order valence-electron chi connectivity index (χ2n) is 7.48. The summed E-state index contributed by atoms with van der Waals surface area (Å²) < 4.78 is 26.9. The number of amides is 1. The Morgan fingerprint density at radius 3 is 2.28 bits per heavy atom. The molecule has 1 saturated carbocycles. The minimum Gasteiger partial charge on any atom is -0.325 e. The van der Waals surface area contributed by atoms with Crippen molar-refractivity contribution in [2.45, 2.75) is 43.5 Å². The van der Waals surface area contributed by atoms with Gasteiger partial charge in [-0.1, -0.05) is 49.6 Å². The first-order valence-corrected chi connectivity index (χ1v) is 11.1. The molecule has 0 aliphatic heterocycles. The van der Waals surface area contributed by atoms with Crippen molar-refractivity contribution in [1.29, 1.82) is 5.26 Å². The summed E-state index contributed by atoms with van der Waals surface area (Å²) in [6.07, 6.45) is 3.90. The minimum atomic E-state index is -3.65. The smallest absolute Gasteiger partial charge is 0.244 e. The van der Waals surface area contributed by atoms with Gasteiger partial charge in [-0.15, -0.1) is 0 Å². The number of nitrogens with zero attached hydrogens (tertiary/aromatic N) is 2. The van der Waals surface area contributed by atoms with Crippen LogP contribution in [0.25, 0.3) is 0 Å². The lowest BCUT2D eigenvalue weighted by Crippen LogP contribution is -2.36. The van der Waals surface area contributed by atoms with Crippen molar-refractivity contribution in [3.05, 3.63) is 60.2 Å². The van der Waals surface area contributed by atoms with Crippen LogP contribution >= 0.6 is 0 Å². The summed E-state index contributed by atoms with van der Waals surface area (Å²) in [7, 11) is -2.11. The molecule has 6 nitrogen and oxygen atoms in total. The van der Waals surface area contributed by atoms with Gasteiger partial charge < -0.3 is 5.32 Å². The third-order valence-corrected chi connectivity index (χ3v) is 7.24. The van der Waals surface area contributed by atoms with E-state index in [-0.39, 0.29) is 17.3 Å². The van der Waals surface area contributed by atoms with Gasteiger partial charge in [0.05, 0.1) is 11.0 Å². The van der Waals surface area contributed by atoms with Crippen LogP contribution in [0.2, 0.25) is 0 Å². The van der Waals surface area contributed by atoms with Crippen LogP contribution in [-0.4, -0.2) is 25.7 Å². The van der Waals surface area contributed by atoms with Crippen LogP contribution in [0.1, 0.15) is 37.7 Å². The molecule has 7 heteroatoms. The molecule has 1 aliphatic carbocycles. The molecule has 2 aromatic carbocycles. The van der Waals surface area contributed by atoms with Gasteiger partial charge in [-0.3, -0.25) is 4.79 Å². The van der Waals surface area contributed by atoms with Gasteiger partial charge >= 0.3 is 0 Å². The highest BCUT2D eigenvalue weighted by Crippen LogP contribution is 2.36. The lowest BCUT2D eigenvalue weighted by molar-refractivity contribution is -0.124. The molecule has 0 radical (unpaired) electrons. The maximum Gasteiger partial charge on any atom is 0.244 e. The predicted octanol–water partition coefficient (Wildman–Crippen LogP) is 3.92. The SMILES string of the molecule is CN(Cc1ccccc1)S(=O)(=O)c1ccc(NC(=O)C2(C#N)CCCCC2)cc1. The van der Waals surface area contributed by atoms with Gasteiger partial charge in [-0.2, -0.15) is 9.57 Å². The quantitative estimate of drug-likeness (QED) is 0.780. The fourth-order valence-corrected chi connectivity index (χ4v) is 4.77. The Hall–Kier alpha value is -2.69. The molecule has 1 aliphatic rings. The summed E-state index contributed by atoms with van der Waals surface area (Å²) in [4.78, 5) is 12.8. The number of anilines is 1. The second kappa shape index (κ2) is 8.76. The van der Waals surface area contributed by atoms with Gasteiger partial charge in [0.25, 0.3) is 0 Å². The third-order valence-electron chi connectivity index (χ3n) is 5.42. The summed E-state index contributed by atoms with van der Waals surface area (Å²) in [6.45, 7) is 0.270. The average Bonchev–Trinajstić information content (AvgIpc) is 2.75. The largest absolute Gasteiger partial charge is 0.325 e. The molecule has 0 unspecified atom stereocenters. The topological polar surface area (TPSA) is 90.3 Å². The van der Waals surface area contributed by atoms with Crippen molar-refractivity contribution in [2.75, 3.05) is 12.4 Å². The van der Waals surface area contributed by atoms with Crippen LogP contribution in [0.3, 0.4) is 0 Å². The summed E-state index contributed by atoms with van der Waals surface area (Å²) >= 11 is 0. The van der Waals surface area contributed by atoms with Crippen molar-refractivity contribution in [3.63, 3.8) is 0 Å². The van der Waals surface area contributed by atoms with Crippen molar-refractivity contribution in [3.8, 4) is 6.07 Å². The number of hydrogen-bond donors (Lipinski definition) is 1. The van der Waals surface area contributed by atoms with Crippen molar-refractivity contribution < 1.29 is 13.2 Å². The van der Waals surface area contributed by atoms with E-state index in [1.807, 2.05) is 30.3 Å². The van der Waals surface area contributed by atoms with Gasteiger partial charge in [0.15, 0.2) is 0 Å². The summed E-state index contributed by atoms with van der Waals surface area (Å²) in [5.74, 6) is -0.309. The minimum absolute atomic E-state index is 0.154. The van der Waals surface area contributed by atoms with Crippen LogP contribution in [-0.2, 0) is 21.4 Å². The standard InChI is InChI=1S/C22H25N3O3S/c1-25(16-18-8-4-2-5-9-18)29(27,28)20-12-10-19(11-13-20)24-21(26)22(17-23)14-6-3-7-15-22/h2,4-5,8-13H,3,6-7,14-16H2,1H3,(H,24,26). The molecule has 3 rings (SSSR count). The number of benzene rings is 2. The van der Waals surface area contributed by atoms with Crippen LogP contribution in [0.15, 0.2) is 59.5 Å². The molecule has 0 aromatic heterocycles. The highest BCUT2D eigenvalue weighted by Gasteiger charge is 2.39. The first-order chi connectivity index (χ1) is 13.9. The van der Waals surface area contributed by atoms with Crippen molar-refractivity contribution in [2.24, 2.45) is 5.41 Å². The van der Waals surface area contributed by atoms with E-state index in [1.165, 1.54) is 23.5 Å². The first kappa shape index (κ1) is 21.0. The Bertz CT molecular complexity index is 990. The average molecular weight is 412 g/mol. The normalized spacial score (nSPS) is 16.2. The van der Waals surface area contributed by atoms with Gasteiger partial charge in [-0.25, -0.2) is 8.42 Å². The van der Waals surface area contributed by atoms with Crippen LogP contribution < -0.4 is 5.32 Å². The van der Waals surface area contributed by atoms with E-state index in [4.69, 9.17) is 0 Å². The molecule has 0 bridgehead atoms. The number of carbonyl (C=O) groups is 1. The van der Waals surface area contributed by atoms with E-state index in [0.29, 0.717) is 18.5 Å². The highest BCUT2D eigenvalue weighted by atomic mass is 32.2. The third kappa shape index (κ3) is 4.66. The molecule has 0 atom stereocenters. The summed E-state index contributed by atoms with van der Waals surface area (Å²) in [5.41, 5.74) is 0.399. The maximum absolute atomic E-state index is 12.8. The van der Waals surface area contributed by atoms with E-state index in [0.717, 1.165) is 24.8 Å². The molecule has 152 valence electrons.